The number of rotatable bonds is 5. The zero-order valence-corrected chi connectivity index (χ0v) is 9.30. The van der Waals surface area contributed by atoms with Gasteiger partial charge in [-0.05, 0) is 30.6 Å². The van der Waals surface area contributed by atoms with Crippen LogP contribution < -0.4 is 0 Å². The molecule has 0 N–H and O–H groups in total. The Bertz CT molecular complexity index is 120. The predicted octanol–water partition coefficient (Wildman–Crippen LogP) is 4.27. The molecule has 1 atom stereocenters. The molecular formula is C12H24. The molecule has 0 spiro atoms. The lowest BCUT2D eigenvalue weighted by Crippen LogP contribution is -1.98. The van der Waals surface area contributed by atoms with Gasteiger partial charge in [-0.3, -0.25) is 0 Å². The zero-order chi connectivity index (χ0) is 9.56. The van der Waals surface area contributed by atoms with Crippen LogP contribution in [-0.2, 0) is 0 Å². The number of hydrogen-bond acceptors (Lipinski definition) is 0. The van der Waals surface area contributed by atoms with Crippen LogP contribution in [0.3, 0.4) is 0 Å². The fourth-order valence-electron chi connectivity index (χ4n) is 1.48. The molecule has 0 aliphatic heterocycles. The number of allylic oxidation sites excluding steroid dienone is 2. The van der Waals surface area contributed by atoms with E-state index in [0.29, 0.717) is 5.92 Å². The van der Waals surface area contributed by atoms with Crippen LogP contribution in [0.15, 0.2) is 12.2 Å². The summed E-state index contributed by atoms with van der Waals surface area (Å²) in [6, 6.07) is 0. The van der Waals surface area contributed by atoms with Crippen molar-refractivity contribution in [2.75, 3.05) is 0 Å². The van der Waals surface area contributed by atoms with E-state index in [2.05, 4.69) is 46.8 Å². The lowest BCUT2D eigenvalue weighted by molar-refractivity contribution is 0.442. The van der Waals surface area contributed by atoms with Crippen molar-refractivity contribution in [2.45, 2.75) is 47.5 Å². The Labute approximate surface area is 78.1 Å². The summed E-state index contributed by atoms with van der Waals surface area (Å²) in [7, 11) is 0. The van der Waals surface area contributed by atoms with Gasteiger partial charge in [0.1, 0.15) is 0 Å². The molecule has 0 nitrogen and oxygen atoms in total. The van der Waals surface area contributed by atoms with Gasteiger partial charge in [0.2, 0.25) is 0 Å². The molecule has 0 amide bonds. The molecule has 0 rings (SSSR count). The average molecular weight is 168 g/mol. The van der Waals surface area contributed by atoms with E-state index in [9.17, 15) is 0 Å². The van der Waals surface area contributed by atoms with Crippen molar-refractivity contribution in [3.05, 3.63) is 12.2 Å². The van der Waals surface area contributed by atoms with Crippen molar-refractivity contribution in [2.24, 2.45) is 17.8 Å². The molecule has 0 bridgehead atoms. The summed E-state index contributed by atoms with van der Waals surface area (Å²) in [6.07, 6.45) is 7.23. The van der Waals surface area contributed by atoms with E-state index in [1.54, 1.807) is 0 Å². The highest BCUT2D eigenvalue weighted by molar-refractivity contribution is 4.85. The molecule has 0 heterocycles. The molecule has 0 saturated carbocycles. The van der Waals surface area contributed by atoms with Gasteiger partial charge in [-0.25, -0.2) is 0 Å². The first kappa shape index (κ1) is 11.7. The second-order valence-corrected chi connectivity index (χ2v) is 4.64. The molecule has 0 aromatic heterocycles. The summed E-state index contributed by atoms with van der Waals surface area (Å²) in [5, 5.41) is 0. The van der Waals surface area contributed by atoms with Crippen LogP contribution in [0.1, 0.15) is 47.5 Å². The highest BCUT2D eigenvalue weighted by atomic mass is 14.1. The Balaban J connectivity index is 3.49. The third-order valence-electron chi connectivity index (χ3n) is 1.93. The van der Waals surface area contributed by atoms with Crippen LogP contribution in [0.2, 0.25) is 0 Å². The summed E-state index contributed by atoms with van der Waals surface area (Å²) in [4.78, 5) is 0. The van der Waals surface area contributed by atoms with Crippen molar-refractivity contribution in [1.29, 1.82) is 0 Å². The second kappa shape index (κ2) is 6.28. The molecule has 0 aromatic carbocycles. The first-order valence-electron chi connectivity index (χ1n) is 5.19. The van der Waals surface area contributed by atoms with E-state index in [-0.39, 0.29) is 0 Å². The topological polar surface area (TPSA) is 0 Å². The summed E-state index contributed by atoms with van der Waals surface area (Å²) in [5.74, 6) is 2.39. The quantitative estimate of drug-likeness (QED) is 0.538. The van der Waals surface area contributed by atoms with E-state index in [1.165, 1.54) is 12.8 Å². The van der Waals surface area contributed by atoms with Gasteiger partial charge in [0, 0.05) is 0 Å². The Kier molecular flexibility index (Phi) is 6.14. The van der Waals surface area contributed by atoms with Gasteiger partial charge in [-0.2, -0.15) is 0 Å². The van der Waals surface area contributed by atoms with Crippen molar-refractivity contribution in [3.8, 4) is 0 Å². The van der Waals surface area contributed by atoms with E-state index in [4.69, 9.17) is 0 Å². The van der Waals surface area contributed by atoms with Crippen molar-refractivity contribution in [3.63, 3.8) is 0 Å². The summed E-state index contributed by atoms with van der Waals surface area (Å²) < 4.78 is 0. The molecule has 0 heteroatoms. The molecule has 0 aliphatic carbocycles. The third kappa shape index (κ3) is 7.84. The first-order chi connectivity index (χ1) is 5.52. The van der Waals surface area contributed by atoms with Crippen LogP contribution in [0.5, 0.6) is 0 Å². The van der Waals surface area contributed by atoms with Crippen LogP contribution in [0, 0.1) is 17.8 Å². The minimum Gasteiger partial charge on any atom is -0.0880 e. The van der Waals surface area contributed by atoms with Gasteiger partial charge in [0.05, 0.1) is 0 Å². The Morgan fingerprint density at radius 2 is 1.58 bits per heavy atom. The van der Waals surface area contributed by atoms with Gasteiger partial charge in [0.15, 0.2) is 0 Å². The lowest BCUT2D eigenvalue weighted by atomic mass is 9.95. The van der Waals surface area contributed by atoms with E-state index < -0.39 is 0 Å². The summed E-state index contributed by atoms with van der Waals surface area (Å²) in [6.45, 7) is 11.4. The molecule has 0 unspecified atom stereocenters. The van der Waals surface area contributed by atoms with E-state index in [0.717, 1.165) is 11.8 Å². The third-order valence-corrected chi connectivity index (χ3v) is 1.93. The fourth-order valence-corrected chi connectivity index (χ4v) is 1.48. The normalized spacial score (nSPS) is 14.9. The maximum absolute atomic E-state index is 2.34. The van der Waals surface area contributed by atoms with Crippen molar-refractivity contribution < 1.29 is 0 Å². The first-order valence-corrected chi connectivity index (χ1v) is 5.19. The molecule has 0 aromatic rings. The summed E-state index contributed by atoms with van der Waals surface area (Å²) >= 11 is 0. The minimum atomic E-state index is 0.705. The minimum absolute atomic E-state index is 0.705. The van der Waals surface area contributed by atoms with Crippen LogP contribution in [-0.4, -0.2) is 0 Å². The highest BCUT2D eigenvalue weighted by Crippen LogP contribution is 2.15. The maximum atomic E-state index is 2.34. The Morgan fingerprint density at radius 1 is 1.00 bits per heavy atom. The molecule has 0 radical (unpaired) electrons. The monoisotopic (exact) mass is 168 g/mol. The van der Waals surface area contributed by atoms with Crippen LogP contribution in [0.4, 0.5) is 0 Å². The van der Waals surface area contributed by atoms with Crippen LogP contribution >= 0.6 is 0 Å². The van der Waals surface area contributed by atoms with Crippen molar-refractivity contribution in [1.82, 2.24) is 0 Å². The largest absolute Gasteiger partial charge is 0.0880 e. The molecular weight excluding hydrogens is 144 g/mol. The van der Waals surface area contributed by atoms with Gasteiger partial charge in [-0.15, -0.1) is 0 Å². The van der Waals surface area contributed by atoms with E-state index in [1.807, 2.05) is 0 Å². The smallest absolute Gasteiger partial charge is 0.0290 e. The molecule has 0 fully saturated rings. The molecule has 72 valence electrons. The van der Waals surface area contributed by atoms with Gasteiger partial charge >= 0.3 is 0 Å². The molecule has 0 saturated heterocycles. The Morgan fingerprint density at radius 3 is 2.00 bits per heavy atom. The average Bonchev–Trinajstić information content (AvgIpc) is 1.84. The standard InChI is InChI=1S/C12H24/c1-10(2)7-6-8-12(5)9-11(3)4/h6-7,10-12H,8-9H2,1-5H3/b7-6+/t12-/m1/s1. The zero-order valence-electron chi connectivity index (χ0n) is 9.30. The van der Waals surface area contributed by atoms with E-state index >= 15 is 0 Å². The molecule has 12 heavy (non-hydrogen) atoms. The van der Waals surface area contributed by atoms with Crippen LogP contribution in [0.25, 0.3) is 0 Å². The second-order valence-electron chi connectivity index (χ2n) is 4.64. The number of hydrogen-bond donors (Lipinski definition) is 0. The highest BCUT2D eigenvalue weighted by Gasteiger charge is 2.02. The lowest BCUT2D eigenvalue weighted by Gasteiger charge is -2.11. The maximum Gasteiger partial charge on any atom is -0.0290 e. The SMILES string of the molecule is CC(C)/C=C/C[C@@H](C)CC(C)C. The van der Waals surface area contributed by atoms with Crippen molar-refractivity contribution >= 4 is 0 Å². The van der Waals surface area contributed by atoms with Gasteiger partial charge in [-0.1, -0.05) is 46.8 Å². The Hall–Kier alpha value is -0.260. The summed E-state index contributed by atoms with van der Waals surface area (Å²) in [5.41, 5.74) is 0. The van der Waals surface area contributed by atoms with Gasteiger partial charge < -0.3 is 0 Å². The van der Waals surface area contributed by atoms with Gasteiger partial charge in [0.25, 0.3) is 0 Å². The fraction of sp³-hybridized carbons (Fsp3) is 0.833. The predicted molar refractivity (Wildman–Crippen MR) is 57.2 cm³/mol. The molecule has 0 aliphatic rings.